The number of fused-ring (bicyclic) bond motifs is 3. The maximum atomic E-state index is 13.1. The molecule has 0 fully saturated rings. The van der Waals surface area contributed by atoms with E-state index in [0.29, 0.717) is 0 Å². The van der Waals surface area contributed by atoms with Crippen molar-refractivity contribution in [3.05, 3.63) is 81.9 Å². The predicted molar refractivity (Wildman–Crippen MR) is 98.3 cm³/mol. The summed E-state index contributed by atoms with van der Waals surface area (Å²) in [7, 11) is 0. The Morgan fingerprint density at radius 3 is 1.82 bits per heavy atom. The van der Waals surface area contributed by atoms with Crippen LogP contribution in [0.1, 0.15) is 10.4 Å². The number of hydrogen-bond donors (Lipinski definition) is 0. The number of para-hydroxylation sites is 2. The number of carbonyl (C=O) groups is 1. The number of benzene rings is 3. The van der Waals surface area contributed by atoms with Crippen molar-refractivity contribution in [1.82, 2.24) is 4.57 Å². The van der Waals surface area contributed by atoms with E-state index in [1.807, 2.05) is 65.2 Å². The number of rotatable bonds is 1. The minimum Gasteiger partial charge on any atom is -0.276 e. The highest BCUT2D eigenvalue weighted by Crippen LogP contribution is 2.29. The minimum absolute atomic E-state index is 0.0161. The molecule has 0 N–H and O–H groups in total. The van der Waals surface area contributed by atoms with Crippen molar-refractivity contribution >= 4 is 50.3 Å². The zero-order valence-corrected chi connectivity index (χ0v) is 13.8. The van der Waals surface area contributed by atoms with Crippen LogP contribution in [0.5, 0.6) is 0 Å². The summed E-state index contributed by atoms with van der Waals surface area (Å²) < 4.78 is 2.79. The monoisotopic (exact) mass is 397 g/mol. The van der Waals surface area contributed by atoms with E-state index in [9.17, 15) is 4.79 Å². The van der Waals surface area contributed by atoms with Crippen molar-refractivity contribution in [2.75, 3.05) is 0 Å². The first kappa shape index (κ1) is 13.5. The fourth-order valence-corrected chi connectivity index (χ4v) is 3.51. The Balaban J connectivity index is 2.09. The van der Waals surface area contributed by atoms with Gasteiger partial charge in [-0.3, -0.25) is 9.36 Å². The molecule has 0 aliphatic rings. The molecule has 0 saturated heterocycles. The van der Waals surface area contributed by atoms with Crippen LogP contribution < -0.4 is 0 Å². The summed E-state index contributed by atoms with van der Waals surface area (Å²) in [5.74, 6) is 0.0161. The van der Waals surface area contributed by atoms with Crippen LogP contribution in [0.15, 0.2) is 72.8 Å². The summed E-state index contributed by atoms with van der Waals surface area (Å²) in [5.41, 5.74) is 2.64. The third-order valence-electron chi connectivity index (χ3n) is 3.89. The summed E-state index contributed by atoms with van der Waals surface area (Å²) in [6.45, 7) is 0. The second-order valence-electron chi connectivity index (χ2n) is 5.15. The largest absolute Gasteiger partial charge is 0.276 e. The van der Waals surface area contributed by atoms with Gasteiger partial charge in [-0.2, -0.15) is 0 Å². The lowest BCUT2D eigenvalue weighted by Gasteiger charge is -2.07. The Hall–Kier alpha value is -2.14. The first-order valence-electron chi connectivity index (χ1n) is 7.05. The van der Waals surface area contributed by atoms with Gasteiger partial charge in [0.1, 0.15) is 0 Å². The number of nitrogens with zero attached hydrogens (tertiary/aromatic N) is 1. The van der Waals surface area contributed by atoms with Crippen LogP contribution in [0.4, 0.5) is 0 Å². The Morgan fingerprint density at radius 2 is 1.23 bits per heavy atom. The van der Waals surface area contributed by atoms with Crippen LogP contribution >= 0.6 is 22.6 Å². The summed E-state index contributed by atoms with van der Waals surface area (Å²) in [4.78, 5) is 13.1. The van der Waals surface area contributed by atoms with Crippen molar-refractivity contribution in [3.63, 3.8) is 0 Å². The van der Waals surface area contributed by atoms with Crippen molar-refractivity contribution in [2.45, 2.75) is 0 Å². The normalized spacial score (nSPS) is 11.1. The smallest absolute Gasteiger partial charge is 0.263 e. The van der Waals surface area contributed by atoms with Crippen LogP contribution in [0.2, 0.25) is 0 Å². The van der Waals surface area contributed by atoms with Crippen molar-refractivity contribution < 1.29 is 4.79 Å². The topological polar surface area (TPSA) is 22.0 Å². The summed E-state index contributed by atoms with van der Waals surface area (Å²) in [6.07, 6.45) is 0. The van der Waals surface area contributed by atoms with Gasteiger partial charge in [0, 0.05) is 14.3 Å². The quantitative estimate of drug-likeness (QED) is 0.411. The molecule has 0 spiro atoms. The Labute approximate surface area is 141 Å². The van der Waals surface area contributed by atoms with Gasteiger partial charge in [0.05, 0.1) is 16.6 Å². The molecule has 4 rings (SSSR count). The fraction of sp³-hybridized carbons (Fsp3) is 0. The van der Waals surface area contributed by atoms with E-state index in [1.165, 1.54) is 0 Å². The average molecular weight is 397 g/mol. The highest BCUT2D eigenvalue weighted by molar-refractivity contribution is 14.1. The molecule has 106 valence electrons. The van der Waals surface area contributed by atoms with Crippen LogP contribution in [-0.4, -0.2) is 10.5 Å². The first-order valence-corrected chi connectivity index (χ1v) is 8.12. The molecule has 3 heteroatoms. The average Bonchev–Trinajstić information content (AvgIpc) is 2.89. The van der Waals surface area contributed by atoms with Gasteiger partial charge < -0.3 is 0 Å². The molecule has 0 amide bonds. The standard InChI is InChI=1S/C19H12INO/c20-16-10-4-1-9-15(16)19(22)21-17-11-5-2-7-13(17)14-8-3-6-12-18(14)21/h1-12H. The SMILES string of the molecule is O=C(c1ccccc1I)n1c2ccccc2c2ccccc21. The zero-order valence-electron chi connectivity index (χ0n) is 11.7. The molecule has 0 aliphatic heterocycles. The molecular formula is C19H12INO. The summed E-state index contributed by atoms with van der Waals surface area (Å²) in [6, 6.07) is 23.8. The molecule has 1 aromatic heterocycles. The fourth-order valence-electron chi connectivity index (χ4n) is 2.90. The molecule has 22 heavy (non-hydrogen) atoms. The van der Waals surface area contributed by atoms with E-state index in [4.69, 9.17) is 0 Å². The van der Waals surface area contributed by atoms with Gasteiger partial charge in [-0.25, -0.2) is 0 Å². The van der Waals surface area contributed by atoms with E-state index in [-0.39, 0.29) is 5.91 Å². The molecule has 0 bridgehead atoms. The molecule has 0 unspecified atom stereocenters. The Kier molecular flexibility index (Phi) is 3.22. The third kappa shape index (κ3) is 1.96. The lowest BCUT2D eigenvalue weighted by Crippen LogP contribution is -2.13. The Morgan fingerprint density at radius 1 is 0.727 bits per heavy atom. The van der Waals surface area contributed by atoms with Crippen LogP contribution in [0.3, 0.4) is 0 Å². The van der Waals surface area contributed by atoms with Gasteiger partial charge in [0.15, 0.2) is 0 Å². The zero-order chi connectivity index (χ0) is 15.1. The molecule has 2 nitrogen and oxygen atoms in total. The second kappa shape index (κ2) is 5.25. The number of hydrogen-bond acceptors (Lipinski definition) is 1. The van der Waals surface area contributed by atoms with Crippen LogP contribution in [0, 0.1) is 3.57 Å². The van der Waals surface area contributed by atoms with E-state index in [2.05, 4.69) is 34.7 Å². The Bertz CT molecular complexity index is 963. The van der Waals surface area contributed by atoms with Gasteiger partial charge in [0.25, 0.3) is 5.91 Å². The van der Waals surface area contributed by atoms with E-state index in [1.54, 1.807) is 0 Å². The maximum Gasteiger partial charge on any atom is 0.263 e. The van der Waals surface area contributed by atoms with Gasteiger partial charge in [-0.15, -0.1) is 0 Å². The summed E-state index contributed by atoms with van der Waals surface area (Å²) >= 11 is 2.21. The second-order valence-corrected chi connectivity index (χ2v) is 6.32. The van der Waals surface area contributed by atoms with E-state index in [0.717, 1.165) is 30.9 Å². The number of carbonyl (C=O) groups excluding carboxylic acids is 1. The lowest BCUT2D eigenvalue weighted by molar-refractivity contribution is 0.0968. The third-order valence-corrected chi connectivity index (χ3v) is 4.83. The highest BCUT2D eigenvalue weighted by Gasteiger charge is 2.18. The van der Waals surface area contributed by atoms with Gasteiger partial charge in [0.2, 0.25) is 0 Å². The molecule has 4 aromatic rings. The molecule has 0 atom stereocenters. The molecule has 0 saturated carbocycles. The minimum atomic E-state index is 0.0161. The van der Waals surface area contributed by atoms with Gasteiger partial charge >= 0.3 is 0 Å². The van der Waals surface area contributed by atoms with Gasteiger partial charge in [-0.1, -0.05) is 48.5 Å². The van der Waals surface area contributed by atoms with Crippen molar-refractivity contribution in [1.29, 1.82) is 0 Å². The van der Waals surface area contributed by atoms with Crippen LogP contribution in [-0.2, 0) is 0 Å². The van der Waals surface area contributed by atoms with Gasteiger partial charge in [-0.05, 0) is 46.9 Å². The van der Waals surface area contributed by atoms with Crippen molar-refractivity contribution in [2.24, 2.45) is 0 Å². The van der Waals surface area contributed by atoms with E-state index < -0.39 is 0 Å². The predicted octanol–water partition coefficient (Wildman–Crippen LogP) is 5.09. The number of halogens is 1. The molecule has 3 aromatic carbocycles. The summed E-state index contributed by atoms with van der Waals surface area (Å²) in [5, 5.41) is 2.22. The first-order chi connectivity index (χ1) is 10.8. The van der Waals surface area contributed by atoms with Crippen LogP contribution in [0.25, 0.3) is 21.8 Å². The molecule has 0 radical (unpaired) electrons. The molecule has 1 heterocycles. The lowest BCUT2D eigenvalue weighted by atomic mass is 10.2. The molecular weight excluding hydrogens is 385 g/mol. The van der Waals surface area contributed by atoms with E-state index >= 15 is 0 Å². The highest BCUT2D eigenvalue weighted by atomic mass is 127. The number of aromatic nitrogens is 1. The van der Waals surface area contributed by atoms with Crippen molar-refractivity contribution in [3.8, 4) is 0 Å². The molecule has 0 aliphatic carbocycles. The maximum absolute atomic E-state index is 13.1.